The van der Waals surface area contributed by atoms with Gasteiger partial charge in [-0.15, -0.1) is 24.0 Å². The summed E-state index contributed by atoms with van der Waals surface area (Å²) >= 11 is 5.88. The number of hydrogen-bond acceptors (Lipinski definition) is 4. The summed E-state index contributed by atoms with van der Waals surface area (Å²) in [5.41, 5.74) is 2.39. The second-order valence-electron chi connectivity index (χ2n) is 5.88. The molecule has 0 fully saturated rings. The predicted octanol–water partition coefficient (Wildman–Crippen LogP) is 4.32. The molecule has 0 saturated carbocycles. The van der Waals surface area contributed by atoms with Crippen LogP contribution in [0.5, 0.6) is 0 Å². The standard InChI is InChI=1S/C19H19ClFN5O.HI/c1-12-9-13(3-8-16(12)21)10-23-19(22-2)24-11-17-25-18(26-27-17)14-4-6-15(20)7-5-14;/h3-9H,10-11H2,1-2H3,(H2,22,23,24);1H. The molecule has 0 aliphatic rings. The summed E-state index contributed by atoms with van der Waals surface area (Å²) in [6.45, 7) is 2.57. The van der Waals surface area contributed by atoms with Crippen LogP contribution in [0.2, 0.25) is 5.02 Å². The molecule has 0 unspecified atom stereocenters. The van der Waals surface area contributed by atoms with E-state index in [1.807, 2.05) is 12.1 Å². The van der Waals surface area contributed by atoms with E-state index < -0.39 is 0 Å². The topological polar surface area (TPSA) is 75.3 Å². The van der Waals surface area contributed by atoms with Gasteiger partial charge in [0.25, 0.3) is 0 Å². The van der Waals surface area contributed by atoms with E-state index in [0.29, 0.717) is 41.4 Å². The number of halogens is 3. The van der Waals surface area contributed by atoms with E-state index in [4.69, 9.17) is 16.1 Å². The van der Waals surface area contributed by atoms with Gasteiger partial charge in [0, 0.05) is 24.2 Å². The van der Waals surface area contributed by atoms with Gasteiger partial charge in [0.05, 0.1) is 6.54 Å². The Kier molecular flexibility index (Phi) is 8.18. The van der Waals surface area contributed by atoms with Crippen LogP contribution in [-0.2, 0) is 13.1 Å². The van der Waals surface area contributed by atoms with Crippen molar-refractivity contribution in [3.8, 4) is 11.4 Å². The lowest BCUT2D eigenvalue weighted by Gasteiger charge is -2.11. The van der Waals surface area contributed by atoms with Crippen molar-refractivity contribution < 1.29 is 8.91 Å². The van der Waals surface area contributed by atoms with E-state index in [0.717, 1.165) is 11.1 Å². The van der Waals surface area contributed by atoms with E-state index in [2.05, 4.69) is 25.8 Å². The van der Waals surface area contributed by atoms with Gasteiger partial charge in [-0.1, -0.05) is 28.9 Å². The van der Waals surface area contributed by atoms with Crippen molar-refractivity contribution in [3.05, 3.63) is 70.3 Å². The second-order valence-corrected chi connectivity index (χ2v) is 6.32. The van der Waals surface area contributed by atoms with Crippen molar-refractivity contribution in [3.63, 3.8) is 0 Å². The van der Waals surface area contributed by atoms with Crippen LogP contribution in [0.15, 0.2) is 52.0 Å². The normalized spacial score (nSPS) is 11.1. The SMILES string of the molecule is CN=C(NCc1ccc(F)c(C)c1)NCc1nc(-c2ccc(Cl)cc2)no1.I. The molecule has 1 heterocycles. The molecule has 2 aromatic carbocycles. The van der Waals surface area contributed by atoms with Gasteiger partial charge in [0.1, 0.15) is 5.82 Å². The van der Waals surface area contributed by atoms with Crippen molar-refractivity contribution in [2.45, 2.75) is 20.0 Å². The highest BCUT2D eigenvalue weighted by Crippen LogP contribution is 2.18. The van der Waals surface area contributed by atoms with Crippen LogP contribution in [0.25, 0.3) is 11.4 Å². The Labute approximate surface area is 184 Å². The highest BCUT2D eigenvalue weighted by molar-refractivity contribution is 14.0. The first-order chi connectivity index (χ1) is 13.0. The maximum Gasteiger partial charge on any atom is 0.246 e. The van der Waals surface area contributed by atoms with Crippen molar-refractivity contribution in [2.24, 2.45) is 4.99 Å². The third kappa shape index (κ3) is 5.90. The van der Waals surface area contributed by atoms with Gasteiger partial charge in [-0.3, -0.25) is 4.99 Å². The zero-order valence-electron chi connectivity index (χ0n) is 15.4. The molecule has 148 valence electrons. The Balaban J connectivity index is 0.00000280. The first-order valence-electron chi connectivity index (χ1n) is 8.33. The molecule has 9 heteroatoms. The van der Waals surface area contributed by atoms with Crippen molar-refractivity contribution in [1.29, 1.82) is 0 Å². The molecule has 0 atom stereocenters. The summed E-state index contributed by atoms with van der Waals surface area (Å²) in [6.07, 6.45) is 0. The average molecular weight is 516 g/mol. The molecule has 1 aromatic heterocycles. The monoisotopic (exact) mass is 515 g/mol. The fourth-order valence-electron chi connectivity index (χ4n) is 2.43. The first kappa shape index (κ1) is 22.1. The van der Waals surface area contributed by atoms with E-state index in [9.17, 15) is 4.39 Å². The highest BCUT2D eigenvalue weighted by atomic mass is 127. The Bertz CT molecular complexity index is 946. The predicted molar refractivity (Wildman–Crippen MR) is 118 cm³/mol. The second kappa shape index (κ2) is 10.4. The van der Waals surface area contributed by atoms with Crippen LogP contribution in [-0.4, -0.2) is 23.1 Å². The zero-order chi connectivity index (χ0) is 19.2. The third-order valence-electron chi connectivity index (χ3n) is 3.88. The molecule has 2 N–H and O–H groups in total. The molecule has 0 aliphatic carbocycles. The number of nitrogens with zero attached hydrogens (tertiary/aromatic N) is 3. The van der Waals surface area contributed by atoms with E-state index >= 15 is 0 Å². The summed E-state index contributed by atoms with van der Waals surface area (Å²) in [5, 5.41) is 10.9. The molecule has 0 aliphatic heterocycles. The Hall–Kier alpha value is -2.20. The smallest absolute Gasteiger partial charge is 0.246 e. The minimum absolute atomic E-state index is 0. The quantitative estimate of drug-likeness (QED) is 0.301. The number of hydrogen-bond donors (Lipinski definition) is 2. The van der Waals surface area contributed by atoms with Gasteiger partial charge < -0.3 is 15.2 Å². The van der Waals surface area contributed by atoms with Crippen LogP contribution in [0.1, 0.15) is 17.0 Å². The maximum absolute atomic E-state index is 13.3. The number of guanidine groups is 1. The van der Waals surface area contributed by atoms with Crippen LogP contribution in [0.4, 0.5) is 4.39 Å². The number of aryl methyl sites for hydroxylation is 1. The molecular weight excluding hydrogens is 496 g/mol. The number of aliphatic imine (C=N–C) groups is 1. The largest absolute Gasteiger partial charge is 0.352 e. The Morgan fingerprint density at radius 1 is 1.14 bits per heavy atom. The fourth-order valence-corrected chi connectivity index (χ4v) is 2.55. The summed E-state index contributed by atoms with van der Waals surface area (Å²) < 4.78 is 18.6. The van der Waals surface area contributed by atoms with Gasteiger partial charge in [0.2, 0.25) is 11.7 Å². The van der Waals surface area contributed by atoms with Gasteiger partial charge >= 0.3 is 0 Å². The summed E-state index contributed by atoms with van der Waals surface area (Å²) in [7, 11) is 1.66. The van der Waals surface area contributed by atoms with E-state index in [-0.39, 0.29) is 29.8 Å². The lowest BCUT2D eigenvalue weighted by atomic mass is 10.1. The lowest BCUT2D eigenvalue weighted by Crippen LogP contribution is -2.36. The molecule has 0 saturated heterocycles. The Morgan fingerprint density at radius 3 is 2.54 bits per heavy atom. The first-order valence-corrected chi connectivity index (χ1v) is 8.71. The summed E-state index contributed by atoms with van der Waals surface area (Å²) in [5.74, 6) is 1.28. The van der Waals surface area contributed by atoms with E-state index in [1.54, 1.807) is 38.2 Å². The molecule has 0 spiro atoms. The van der Waals surface area contributed by atoms with Gasteiger partial charge in [0.15, 0.2) is 5.96 Å². The highest BCUT2D eigenvalue weighted by Gasteiger charge is 2.09. The van der Waals surface area contributed by atoms with Crippen LogP contribution in [0.3, 0.4) is 0 Å². The van der Waals surface area contributed by atoms with Gasteiger partial charge in [-0.25, -0.2) is 4.39 Å². The zero-order valence-corrected chi connectivity index (χ0v) is 18.5. The minimum atomic E-state index is -0.214. The molecule has 3 aromatic rings. The van der Waals surface area contributed by atoms with Crippen LogP contribution >= 0.6 is 35.6 Å². The molecule has 0 amide bonds. The number of nitrogens with one attached hydrogen (secondary N) is 2. The number of rotatable bonds is 5. The lowest BCUT2D eigenvalue weighted by molar-refractivity contribution is 0.375. The molecule has 28 heavy (non-hydrogen) atoms. The Morgan fingerprint density at radius 2 is 1.86 bits per heavy atom. The third-order valence-corrected chi connectivity index (χ3v) is 4.14. The average Bonchev–Trinajstić information content (AvgIpc) is 3.14. The summed E-state index contributed by atoms with van der Waals surface area (Å²) in [4.78, 5) is 8.50. The van der Waals surface area contributed by atoms with Crippen LogP contribution in [0, 0.1) is 12.7 Å². The van der Waals surface area contributed by atoms with Gasteiger partial charge in [-0.05, 0) is 48.4 Å². The molecule has 0 bridgehead atoms. The van der Waals surface area contributed by atoms with Gasteiger partial charge in [-0.2, -0.15) is 4.98 Å². The van der Waals surface area contributed by atoms with Crippen molar-refractivity contribution in [1.82, 2.24) is 20.8 Å². The van der Waals surface area contributed by atoms with Crippen molar-refractivity contribution >= 4 is 41.5 Å². The number of benzene rings is 2. The number of aromatic nitrogens is 2. The fraction of sp³-hybridized carbons (Fsp3) is 0.211. The molecule has 6 nitrogen and oxygen atoms in total. The summed E-state index contributed by atoms with van der Waals surface area (Å²) in [6, 6.07) is 12.2. The molecular formula is C19H20ClFIN5O. The minimum Gasteiger partial charge on any atom is -0.352 e. The maximum atomic E-state index is 13.3. The van der Waals surface area contributed by atoms with Crippen LogP contribution < -0.4 is 10.6 Å². The molecule has 3 rings (SSSR count). The molecule has 0 radical (unpaired) electrons. The van der Waals surface area contributed by atoms with Crippen molar-refractivity contribution in [2.75, 3.05) is 7.05 Å². The van der Waals surface area contributed by atoms with E-state index in [1.165, 1.54) is 6.07 Å².